The first-order valence-electron chi connectivity index (χ1n) is 8.17. The van der Waals surface area contributed by atoms with Crippen molar-refractivity contribution in [3.05, 3.63) is 63.6 Å². The van der Waals surface area contributed by atoms with Crippen molar-refractivity contribution < 1.29 is 9.59 Å². The number of aryl methyl sites for hydroxylation is 1. The fourth-order valence-corrected chi connectivity index (χ4v) is 2.92. The minimum absolute atomic E-state index is 0.236. The molecule has 2 aromatic carbocycles. The molecule has 0 aromatic heterocycles. The molecule has 138 valence electrons. The van der Waals surface area contributed by atoms with Crippen LogP contribution < -0.4 is 11.5 Å². The zero-order chi connectivity index (χ0) is 19.3. The summed E-state index contributed by atoms with van der Waals surface area (Å²) in [4.78, 5) is 25.0. The van der Waals surface area contributed by atoms with Crippen molar-refractivity contribution in [2.24, 2.45) is 5.73 Å². The number of benzene rings is 2. The SMILES string of the molecule is Cc1ccc(Cl)cc1.NC(=O)C1CCCN1C(=O)c1ccc(Cl)c(N)c1. The van der Waals surface area contributed by atoms with Crippen LogP contribution in [-0.4, -0.2) is 29.3 Å². The average Bonchev–Trinajstić information content (AvgIpc) is 3.10. The smallest absolute Gasteiger partial charge is 0.254 e. The predicted octanol–water partition coefficient (Wildman–Crippen LogP) is 3.66. The molecule has 0 saturated carbocycles. The molecule has 2 aromatic rings. The Bertz CT molecular complexity index is 773. The highest BCUT2D eigenvalue weighted by molar-refractivity contribution is 6.33. The number of hydrogen-bond acceptors (Lipinski definition) is 3. The van der Waals surface area contributed by atoms with Crippen LogP contribution in [0.4, 0.5) is 5.69 Å². The lowest BCUT2D eigenvalue weighted by molar-refractivity contribution is -0.121. The number of carbonyl (C=O) groups is 2. The van der Waals surface area contributed by atoms with Gasteiger partial charge in [-0.15, -0.1) is 0 Å². The maximum Gasteiger partial charge on any atom is 0.254 e. The minimum Gasteiger partial charge on any atom is -0.398 e. The molecule has 1 atom stereocenters. The lowest BCUT2D eigenvalue weighted by Gasteiger charge is -2.22. The second-order valence-corrected chi connectivity index (χ2v) is 6.93. The summed E-state index contributed by atoms with van der Waals surface area (Å²) in [6.45, 7) is 2.57. The standard InChI is InChI=1S/C12H14ClN3O2.C7H7Cl/c13-8-4-3-7(6-9(8)14)12(18)16-5-1-2-10(16)11(15)17;1-6-2-4-7(8)5-3-6/h3-4,6,10H,1-2,5,14H2,(H2,15,17);2-5H,1H3. The quantitative estimate of drug-likeness (QED) is 0.762. The first-order chi connectivity index (χ1) is 12.3. The molecule has 1 aliphatic heterocycles. The van der Waals surface area contributed by atoms with Crippen LogP contribution in [0.2, 0.25) is 10.0 Å². The third-order valence-electron chi connectivity index (χ3n) is 4.10. The lowest BCUT2D eigenvalue weighted by atomic mass is 10.1. The monoisotopic (exact) mass is 393 g/mol. The minimum atomic E-state index is -0.519. The Morgan fingerprint density at radius 1 is 1.12 bits per heavy atom. The maximum atomic E-state index is 12.2. The Labute approximate surface area is 162 Å². The van der Waals surface area contributed by atoms with E-state index in [2.05, 4.69) is 0 Å². The zero-order valence-electron chi connectivity index (χ0n) is 14.4. The lowest BCUT2D eigenvalue weighted by Crippen LogP contribution is -2.43. The van der Waals surface area contributed by atoms with Gasteiger partial charge in [0.15, 0.2) is 0 Å². The van der Waals surface area contributed by atoms with Gasteiger partial charge in [-0.25, -0.2) is 0 Å². The Balaban J connectivity index is 0.000000254. The second kappa shape index (κ2) is 8.92. The molecular weight excluding hydrogens is 373 g/mol. The van der Waals surface area contributed by atoms with Crippen molar-refractivity contribution in [1.29, 1.82) is 0 Å². The molecule has 1 fully saturated rings. The van der Waals surface area contributed by atoms with E-state index in [1.807, 2.05) is 31.2 Å². The van der Waals surface area contributed by atoms with Gasteiger partial charge >= 0.3 is 0 Å². The number of hydrogen-bond donors (Lipinski definition) is 2. The molecule has 1 heterocycles. The zero-order valence-corrected chi connectivity index (χ0v) is 15.9. The highest BCUT2D eigenvalue weighted by Crippen LogP contribution is 2.24. The summed E-state index contributed by atoms with van der Waals surface area (Å²) in [5.74, 6) is -0.706. The third kappa shape index (κ3) is 5.13. The topological polar surface area (TPSA) is 89.4 Å². The number of nitrogens with zero attached hydrogens (tertiary/aromatic N) is 1. The van der Waals surface area contributed by atoms with E-state index < -0.39 is 11.9 Å². The first kappa shape index (κ1) is 20.1. The van der Waals surface area contributed by atoms with Crippen LogP contribution in [0.5, 0.6) is 0 Å². The van der Waals surface area contributed by atoms with Crippen molar-refractivity contribution in [2.45, 2.75) is 25.8 Å². The van der Waals surface area contributed by atoms with Crippen molar-refractivity contribution in [3.63, 3.8) is 0 Å². The van der Waals surface area contributed by atoms with Gasteiger partial charge in [-0.2, -0.15) is 0 Å². The molecule has 0 spiro atoms. The molecular formula is C19H21Cl2N3O2. The summed E-state index contributed by atoms with van der Waals surface area (Å²) < 4.78 is 0. The van der Waals surface area contributed by atoms with Crippen molar-refractivity contribution >= 4 is 40.7 Å². The Morgan fingerprint density at radius 3 is 2.31 bits per heavy atom. The van der Waals surface area contributed by atoms with E-state index in [-0.39, 0.29) is 5.91 Å². The van der Waals surface area contributed by atoms with Gasteiger partial charge in [-0.05, 0) is 50.1 Å². The molecule has 3 rings (SSSR count). The van der Waals surface area contributed by atoms with Gasteiger partial charge in [0.1, 0.15) is 6.04 Å². The number of rotatable bonds is 2. The van der Waals surface area contributed by atoms with Gasteiger partial charge in [0.25, 0.3) is 5.91 Å². The predicted molar refractivity (Wildman–Crippen MR) is 105 cm³/mol. The number of anilines is 1. The van der Waals surface area contributed by atoms with Crippen LogP contribution in [0.1, 0.15) is 28.8 Å². The highest BCUT2D eigenvalue weighted by Gasteiger charge is 2.33. The molecule has 4 N–H and O–H groups in total. The van der Waals surface area contributed by atoms with Crippen LogP contribution in [0.3, 0.4) is 0 Å². The number of likely N-dealkylation sites (tertiary alicyclic amines) is 1. The van der Waals surface area contributed by atoms with Gasteiger partial charge in [0.05, 0.1) is 10.7 Å². The van der Waals surface area contributed by atoms with Crippen LogP contribution in [0, 0.1) is 6.92 Å². The largest absolute Gasteiger partial charge is 0.398 e. The summed E-state index contributed by atoms with van der Waals surface area (Å²) in [5.41, 5.74) is 12.9. The Morgan fingerprint density at radius 2 is 1.77 bits per heavy atom. The van der Waals surface area contributed by atoms with Gasteiger partial charge in [-0.3, -0.25) is 9.59 Å². The van der Waals surface area contributed by atoms with E-state index in [0.717, 1.165) is 11.4 Å². The number of carbonyl (C=O) groups excluding carboxylic acids is 2. The fourth-order valence-electron chi connectivity index (χ4n) is 2.68. The summed E-state index contributed by atoms with van der Waals surface area (Å²) in [6.07, 6.45) is 1.40. The fraction of sp³-hybridized carbons (Fsp3) is 0.263. The molecule has 0 aliphatic carbocycles. The highest BCUT2D eigenvalue weighted by atomic mass is 35.5. The van der Waals surface area contributed by atoms with E-state index in [0.29, 0.717) is 29.2 Å². The molecule has 2 amide bonds. The van der Waals surface area contributed by atoms with Gasteiger partial charge in [-0.1, -0.05) is 40.9 Å². The summed E-state index contributed by atoms with van der Waals surface area (Å²) >= 11 is 11.4. The van der Waals surface area contributed by atoms with E-state index in [4.69, 9.17) is 34.7 Å². The van der Waals surface area contributed by atoms with E-state index in [9.17, 15) is 9.59 Å². The normalized spacial score (nSPS) is 16.0. The molecule has 0 bridgehead atoms. The van der Waals surface area contributed by atoms with Gasteiger partial charge in [0.2, 0.25) is 5.91 Å². The van der Waals surface area contributed by atoms with Crippen LogP contribution in [0.25, 0.3) is 0 Å². The summed E-state index contributed by atoms with van der Waals surface area (Å²) in [6, 6.07) is 11.9. The third-order valence-corrected chi connectivity index (χ3v) is 4.69. The maximum absolute atomic E-state index is 12.2. The molecule has 7 heteroatoms. The molecule has 5 nitrogen and oxygen atoms in total. The van der Waals surface area contributed by atoms with Crippen molar-refractivity contribution in [3.8, 4) is 0 Å². The molecule has 0 radical (unpaired) electrons. The van der Waals surface area contributed by atoms with E-state index >= 15 is 0 Å². The Kier molecular flexibility index (Phi) is 6.89. The average molecular weight is 394 g/mol. The van der Waals surface area contributed by atoms with Crippen LogP contribution in [-0.2, 0) is 4.79 Å². The Hall–Kier alpha value is -2.24. The number of halogens is 2. The van der Waals surface area contributed by atoms with Crippen LogP contribution in [0.15, 0.2) is 42.5 Å². The second-order valence-electron chi connectivity index (χ2n) is 6.09. The summed E-state index contributed by atoms with van der Waals surface area (Å²) in [5, 5.41) is 1.20. The molecule has 1 aliphatic rings. The number of nitrogens with two attached hydrogens (primary N) is 2. The molecule has 1 saturated heterocycles. The van der Waals surface area contributed by atoms with Gasteiger partial charge in [0, 0.05) is 17.1 Å². The van der Waals surface area contributed by atoms with Crippen molar-refractivity contribution in [2.75, 3.05) is 12.3 Å². The van der Waals surface area contributed by atoms with E-state index in [1.54, 1.807) is 12.1 Å². The number of nitrogen functional groups attached to an aromatic ring is 1. The number of amides is 2. The molecule has 1 unspecified atom stereocenters. The van der Waals surface area contributed by atoms with Gasteiger partial charge < -0.3 is 16.4 Å². The summed E-state index contributed by atoms with van der Waals surface area (Å²) in [7, 11) is 0. The van der Waals surface area contributed by atoms with Crippen molar-refractivity contribution in [1.82, 2.24) is 4.90 Å². The van der Waals surface area contributed by atoms with E-state index in [1.165, 1.54) is 16.5 Å². The molecule has 26 heavy (non-hydrogen) atoms. The first-order valence-corrected chi connectivity index (χ1v) is 8.92. The van der Waals surface area contributed by atoms with Crippen LogP contribution >= 0.6 is 23.2 Å². The number of primary amides is 1.